The fourth-order valence-corrected chi connectivity index (χ4v) is 3.58. The quantitative estimate of drug-likeness (QED) is 0.633. The second kappa shape index (κ2) is 7.89. The molecular weight excluding hydrogens is 403 g/mol. The van der Waals surface area contributed by atoms with Gasteiger partial charge in [-0.25, -0.2) is 9.37 Å². The van der Waals surface area contributed by atoms with Crippen LogP contribution in [0.5, 0.6) is 0 Å². The van der Waals surface area contributed by atoms with E-state index in [1.165, 1.54) is 18.2 Å². The minimum Gasteiger partial charge on any atom is -0.352 e. The Morgan fingerprint density at radius 2 is 2.00 bits per heavy atom. The molecule has 0 aliphatic carbocycles. The maximum Gasteiger partial charge on any atom is 0.252 e. The average molecular weight is 419 g/mol. The molecule has 1 amide bonds. The number of nitrogens with zero attached hydrogens (tertiary/aromatic N) is 1. The number of rotatable bonds is 5. The number of hydrogen-bond acceptors (Lipinski definition) is 3. The van der Waals surface area contributed by atoms with Gasteiger partial charge in [0.15, 0.2) is 0 Å². The Hall–Kier alpha value is -2.05. The average Bonchev–Trinajstić information content (AvgIpc) is 3.02. The minimum absolute atomic E-state index is 0.221. The second-order valence-electron chi connectivity index (χ2n) is 5.58. The Bertz CT molecular complexity index is 893. The molecule has 128 valence electrons. The van der Waals surface area contributed by atoms with Gasteiger partial charge in [0.2, 0.25) is 0 Å². The van der Waals surface area contributed by atoms with Crippen molar-refractivity contribution in [1.82, 2.24) is 10.3 Å². The van der Waals surface area contributed by atoms with Crippen LogP contribution in [-0.2, 0) is 6.42 Å². The van der Waals surface area contributed by atoms with Crippen molar-refractivity contribution in [1.29, 1.82) is 0 Å². The molecule has 0 saturated heterocycles. The molecule has 0 aliphatic heterocycles. The molecular formula is C19H16BrFN2OS. The molecule has 6 heteroatoms. The monoisotopic (exact) mass is 418 g/mol. The molecule has 3 nitrogen and oxygen atoms in total. The van der Waals surface area contributed by atoms with Crippen LogP contribution < -0.4 is 5.32 Å². The van der Waals surface area contributed by atoms with E-state index in [1.807, 2.05) is 36.6 Å². The van der Waals surface area contributed by atoms with Crippen molar-refractivity contribution in [2.45, 2.75) is 13.3 Å². The van der Waals surface area contributed by atoms with Crippen molar-refractivity contribution in [3.63, 3.8) is 0 Å². The number of carbonyl (C=O) groups excluding carboxylic acids is 1. The summed E-state index contributed by atoms with van der Waals surface area (Å²) in [5, 5.41) is 5.95. The molecule has 1 N–H and O–H groups in total. The number of carbonyl (C=O) groups is 1. The van der Waals surface area contributed by atoms with Gasteiger partial charge in [-0.15, -0.1) is 11.3 Å². The summed E-state index contributed by atoms with van der Waals surface area (Å²) in [5.74, 6) is -0.597. The third-order valence-corrected chi connectivity index (χ3v) is 5.17. The normalized spacial score (nSPS) is 10.7. The van der Waals surface area contributed by atoms with E-state index >= 15 is 0 Å². The van der Waals surface area contributed by atoms with E-state index < -0.39 is 0 Å². The first-order valence-electron chi connectivity index (χ1n) is 7.77. The summed E-state index contributed by atoms with van der Waals surface area (Å²) in [6.07, 6.45) is 0.723. The van der Waals surface area contributed by atoms with Crippen molar-refractivity contribution in [3.05, 3.63) is 74.3 Å². The van der Waals surface area contributed by atoms with Crippen LogP contribution in [0, 0.1) is 12.7 Å². The van der Waals surface area contributed by atoms with Crippen molar-refractivity contribution >= 4 is 33.2 Å². The zero-order chi connectivity index (χ0) is 17.8. The number of halogens is 2. The van der Waals surface area contributed by atoms with E-state index in [9.17, 15) is 9.18 Å². The number of amides is 1. The summed E-state index contributed by atoms with van der Waals surface area (Å²) in [4.78, 5) is 16.6. The first-order chi connectivity index (χ1) is 12.0. The fraction of sp³-hybridized carbons (Fsp3) is 0.158. The summed E-state index contributed by atoms with van der Waals surface area (Å²) >= 11 is 4.84. The van der Waals surface area contributed by atoms with Gasteiger partial charge in [0, 0.05) is 22.0 Å². The van der Waals surface area contributed by atoms with Crippen LogP contribution in [0.3, 0.4) is 0 Å². The van der Waals surface area contributed by atoms with Gasteiger partial charge in [-0.05, 0) is 53.0 Å². The Morgan fingerprint density at radius 1 is 1.24 bits per heavy atom. The highest BCUT2D eigenvalue weighted by Gasteiger charge is 2.10. The third-order valence-electron chi connectivity index (χ3n) is 3.74. The molecule has 0 saturated carbocycles. The number of aromatic nitrogens is 1. The highest BCUT2D eigenvalue weighted by Crippen LogP contribution is 2.22. The van der Waals surface area contributed by atoms with Gasteiger partial charge < -0.3 is 5.32 Å². The highest BCUT2D eigenvalue weighted by atomic mass is 79.9. The smallest absolute Gasteiger partial charge is 0.252 e. The molecule has 0 spiro atoms. The first kappa shape index (κ1) is 17.8. The van der Waals surface area contributed by atoms with Crippen LogP contribution in [0.1, 0.15) is 20.9 Å². The number of nitrogens with one attached hydrogen (secondary N) is 1. The summed E-state index contributed by atoms with van der Waals surface area (Å²) < 4.78 is 13.5. The minimum atomic E-state index is -0.376. The maximum atomic E-state index is 13.1. The van der Waals surface area contributed by atoms with E-state index in [0.29, 0.717) is 16.6 Å². The van der Waals surface area contributed by atoms with E-state index in [-0.39, 0.29) is 11.7 Å². The molecule has 1 aromatic heterocycles. The molecule has 3 aromatic rings. The van der Waals surface area contributed by atoms with Gasteiger partial charge >= 0.3 is 0 Å². The molecule has 0 bridgehead atoms. The lowest BCUT2D eigenvalue weighted by atomic mass is 10.1. The van der Waals surface area contributed by atoms with Crippen LogP contribution in [-0.4, -0.2) is 17.4 Å². The fourth-order valence-electron chi connectivity index (χ4n) is 2.43. The zero-order valence-corrected chi connectivity index (χ0v) is 16.0. The molecule has 0 fully saturated rings. The number of aryl methyl sites for hydroxylation is 1. The van der Waals surface area contributed by atoms with Crippen LogP contribution >= 0.6 is 27.3 Å². The summed E-state index contributed by atoms with van der Waals surface area (Å²) in [6.45, 7) is 2.50. The first-order valence-corrected chi connectivity index (χ1v) is 9.45. The van der Waals surface area contributed by atoms with E-state index in [0.717, 1.165) is 28.2 Å². The van der Waals surface area contributed by atoms with Crippen molar-refractivity contribution in [2.24, 2.45) is 0 Å². The summed E-state index contributed by atoms with van der Waals surface area (Å²) in [7, 11) is 0. The summed E-state index contributed by atoms with van der Waals surface area (Å²) in [5.41, 5.74) is 3.64. The predicted molar refractivity (Wildman–Crippen MR) is 102 cm³/mol. The highest BCUT2D eigenvalue weighted by molar-refractivity contribution is 9.10. The molecule has 0 unspecified atom stereocenters. The lowest BCUT2D eigenvalue weighted by Crippen LogP contribution is -2.26. The second-order valence-corrected chi connectivity index (χ2v) is 7.50. The maximum absolute atomic E-state index is 13.1. The number of benzene rings is 2. The standard InChI is InChI=1S/C19H16BrFN2OS/c1-12-23-18(11-25-12)14-4-2-13(3-5-14)8-9-22-19(24)16-7-6-15(21)10-17(16)20/h2-7,10-11H,8-9H2,1H3,(H,22,24). The van der Waals surface area contributed by atoms with Gasteiger partial charge in [0.05, 0.1) is 16.3 Å². The van der Waals surface area contributed by atoms with Crippen molar-refractivity contribution in [3.8, 4) is 11.3 Å². The molecule has 0 aliphatic rings. The third kappa shape index (κ3) is 4.52. The zero-order valence-electron chi connectivity index (χ0n) is 13.6. The van der Waals surface area contributed by atoms with Crippen molar-refractivity contribution in [2.75, 3.05) is 6.54 Å². The van der Waals surface area contributed by atoms with E-state index in [1.54, 1.807) is 11.3 Å². The van der Waals surface area contributed by atoms with Gasteiger partial charge in [0.1, 0.15) is 5.82 Å². The lowest BCUT2D eigenvalue weighted by molar-refractivity contribution is 0.0953. The Morgan fingerprint density at radius 3 is 2.64 bits per heavy atom. The predicted octanol–water partition coefficient (Wildman–Crippen LogP) is 4.99. The Kier molecular flexibility index (Phi) is 5.60. The van der Waals surface area contributed by atoms with Crippen LogP contribution in [0.15, 0.2) is 52.3 Å². The Balaban J connectivity index is 1.56. The van der Waals surface area contributed by atoms with E-state index in [4.69, 9.17) is 0 Å². The molecule has 2 aromatic carbocycles. The molecule has 0 radical (unpaired) electrons. The van der Waals surface area contributed by atoms with Gasteiger partial charge in [-0.2, -0.15) is 0 Å². The molecule has 1 heterocycles. The molecule has 0 atom stereocenters. The van der Waals surface area contributed by atoms with Crippen LogP contribution in [0.4, 0.5) is 4.39 Å². The van der Waals surface area contributed by atoms with E-state index in [2.05, 4.69) is 26.2 Å². The SMILES string of the molecule is Cc1nc(-c2ccc(CCNC(=O)c3ccc(F)cc3Br)cc2)cs1. The number of hydrogen-bond donors (Lipinski definition) is 1. The summed E-state index contributed by atoms with van der Waals surface area (Å²) in [6, 6.07) is 12.2. The molecule has 3 rings (SSSR count). The lowest BCUT2D eigenvalue weighted by Gasteiger charge is -2.07. The van der Waals surface area contributed by atoms with Gasteiger partial charge in [-0.3, -0.25) is 4.79 Å². The Labute approximate surface area is 158 Å². The molecule has 25 heavy (non-hydrogen) atoms. The number of thiazole rings is 1. The topological polar surface area (TPSA) is 42.0 Å². The van der Waals surface area contributed by atoms with Crippen LogP contribution in [0.2, 0.25) is 0 Å². The van der Waals surface area contributed by atoms with Gasteiger partial charge in [0.25, 0.3) is 5.91 Å². The largest absolute Gasteiger partial charge is 0.352 e. The van der Waals surface area contributed by atoms with Crippen molar-refractivity contribution < 1.29 is 9.18 Å². The van der Waals surface area contributed by atoms with Gasteiger partial charge in [-0.1, -0.05) is 24.3 Å². The van der Waals surface area contributed by atoms with Crippen LogP contribution in [0.25, 0.3) is 11.3 Å².